The van der Waals surface area contributed by atoms with E-state index in [-0.39, 0.29) is 11.4 Å². The number of benzene rings is 1. The average molecular weight is 223 g/mol. The Kier molecular flexibility index (Phi) is 2.98. The average Bonchev–Trinajstić information content (AvgIpc) is 2.59. The van der Waals surface area contributed by atoms with Crippen LogP contribution in [0, 0.1) is 0 Å². The second-order valence-corrected chi connectivity index (χ2v) is 4.84. The zero-order chi connectivity index (χ0) is 10.8. The first kappa shape index (κ1) is 10.5. The van der Waals surface area contributed by atoms with E-state index < -0.39 is 0 Å². The molecule has 0 spiro atoms. The van der Waals surface area contributed by atoms with Crippen LogP contribution in [-0.2, 0) is 0 Å². The van der Waals surface area contributed by atoms with Gasteiger partial charge in [0.1, 0.15) is 5.52 Å². The Bertz CT molecular complexity index is 420. The summed E-state index contributed by atoms with van der Waals surface area (Å²) in [5, 5.41) is 10.1. The number of hydrogen-bond acceptors (Lipinski definition) is 4. The van der Waals surface area contributed by atoms with Gasteiger partial charge in [-0.05, 0) is 19.1 Å². The standard InChI is InChI=1S/C11H13NO2S/c1-7(13)8(2)15-11-12-9-5-3-4-6-10(9)14-11/h3-8,13H,1-2H3. The molecule has 0 bridgehead atoms. The van der Waals surface area contributed by atoms with Crippen molar-refractivity contribution in [3.63, 3.8) is 0 Å². The number of nitrogens with zero attached hydrogens (tertiary/aromatic N) is 1. The van der Waals surface area contributed by atoms with Gasteiger partial charge in [-0.2, -0.15) is 0 Å². The van der Waals surface area contributed by atoms with E-state index in [0.29, 0.717) is 5.22 Å². The highest BCUT2D eigenvalue weighted by Crippen LogP contribution is 2.27. The van der Waals surface area contributed by atoms with E-state index in [1.165, 1.54) is 11.8 Å². The highest BCUT2D eigenvalue weighted by molar-refractivity contribution is 7.99. The summed E-state index contributed by atoms with van der Waals surface area (Å²) in [5.41, 5.74) is 1.65. The Hall–Kier alpha value is -1.00. The van der Waals surface area contributed by atoms with Crippen molar-refractivity contribution in [2.24, 2.45) is 0 Å². The van der Waals surface area contributed by atoms with Crippen molar-refractivity contribution in [2.45, 2.75) is 30.4 Å². The topological polar surface area (TPSA) is 46.3 Å². The van der Waals surface area contributed by atoms with Crippen molar-refractivity contribution >= 4 is 22.9 Å². The highest BCUT2D eigenvalue weighted by Gasteiger charge is 2.14. The van der Waals surface area contributed by atoms with Gasteiger partial charge in [0.15, 0.2) is 5.58 Å². The Morgan fingerprint density at radius 2 is 2.07 bits per heavy atom. The Morgan fingerprint density at radius 1 is 1.33 bits per heavy atom. The fourth-order valence-electron chi connectivity index (χ4n) is 1.16. The quantitative estimate of drug-likeness (QED) is 0.813. The molecule has 1 aromatic heterocycles. The zero-order valence-electron chi connectivity index (χ0n) is 8.68. The second-order valence-electron chi connectivity index (χ2n) is 3.51. The highest BCUT2D eigenvalue weighted by atomic mass is 32.2. The lowest BCUT2D eigenvalue weighted by Gasteiger charge is -2.10. The van der Waals surface area contributed by atoms with Gasteiger partial charge >= 0.3 is 0 Å². The third kappa shape index (κ3) is 2.33. The number of hydrogen-bond donors (Lipinski definition) is 1. The normalized spacial score (nSPS) is 15.4. The Labute approximate surface area is 92.5 Å². The molecule has 3 nitrogen and oxygen atoms in total. The van der Waals surface area contributed by atoms with E-state index in [1.807, 2.05) is 31.2 Å². The van der Waals surface area contributed by atoms with Crippen LogP contribution >= 0.6 is 11.8 Å². The van der Waals surface area contributed by atoms with Crippen molar-refractivity contribution in [1.29, 1.82) is 0 Å². The molecular weight excluding hydrogens is 210 g/mol. The summed E-state index contributed by atoms with van der Waals surface area (Å²) in [4.78, 5) is 4.32. The minimum Gasteiger partial charge on any atom is -0.431 e. The molecule has 80 valence electrons. The molecule has 0 amide bonds. The maximum atomic E-state index is 9.37. The summed E-state index contributed by atoms with van der Waals surface area (Å²) in [7, 11) is 0. The van der Waals surface area contributed by atoms with Crippen LogP contribution in [0.15, 0.2) is 33.9 Å². The van der Waals surface area contributed by atoms with Gasteiger partial charge in [-0.3, -0.25) is 0 Å². The monoisotopic (exact) mass is 223 g/mol. The van der Waals surface area contributed by atoms with Crippen molar-refractivity contribution in [1.82, 2.24) is 4.98 Å². The molecule has 0 fully saturated rings. The van der Waals surface area contributed by atoms with Crippen LogP contribution in [-0.4, -0.2) is 21.4 Å². The summed E-state index contributed by atoms with van der Waals surface area (Å²) in [6.45, 7) is 3.71. The van der Waals surface area contributed by atoms with Crippen LogP contribution in [0.25, 0.3) is 11.1 Å². The van der Waals surface area contributed by atoms with Crippen molar-refractivity contribution < 1.29 is 9.52 Å². The number of oxazole rings is 1. The second kappa shape index (κ2) is 4.24. The summed E-state index contributed by atoms with van der Waals surface area (Å²) in [5.74, 6) is 0. The molecule has 0 saturated carbocycles. The van der Waals surface area contributed by atoms with E-state index in [1.54, 1.807) is 6.92 Å². The first-order valence-electron chi connectivity index (χ1n) is 4.87. The molecule has 0 radical (unpaired) electrons. The minimum atomic E-state index is -0.370. The molecule has 0 aliphatic carbocycles. The van der Waals surface area contributed by atoms with Crippen LogP contribution in [0.5, 0.6) is 0 Å². The van der Waals surface area contributed by atoms with Crippen molar-refractivity contribution in [3.05, 3.63) is 24.3 Å². The SMILES string of the molecule is CC(O)C(C)Sc1nc2ccccc2o1. The summed E-state index contributed by atoms with van der Waals surface area (Å²) in [6, 6.07) is 7.65. The molecule has 0 aliphatic rings. The van der Waals surface area contributed by atoms with Gasteiger partial charge in [0.05, 0.1) is 6.10 Å². The largest absolute Gasteiger partial charge is 0.431 e. The van der Waals surface area contributed by atoms with Crippen LogP contribution in [0.1, 0.15) is 13.8 Å². The van der Waals surface area contributed by atoms with Gasteiger partial charge < -0.3 is 9.52 Å². The lowest BCUT2D eigenvalue weighted by molar-refractivity contribution is 0.196. The zero-order valence-corrected chi connectivity index (χ0v) is 9.49. The molecule has 1 aromatic carbocycles. The number of thioether (sulfide) groups is 1. The first-order chi connectivity index (χ1) is 7.16. The Balaban J connectivity index is 2.22. The number of fused-ring (bicyclic) bond motifs is 1. The van der Waals surface area contributed by atoms with E-state index in [4.69, 9.17) is 4.42 Å². The molecule has 0 saturated heterocycles. The van der Waals surface area contributed by atoms with E-state index >= 15 is 0 Å². The summed E-state index contributed by atoms with van der Waals surface area (Å²) in [6.07, 6.45) is -0.370. The van der Waals surface area contributed by atoms with Crippen LogP contribution < -0.4 is 0 Å². The lowest BCUT2D eigenvalue weighted by atomic mass is 10.3. The maximum Gasteiger partial charge on any atom is 0.257 e. The molecule has 2 aromatic rings. The van der Waals surface area contributed by atoms with Gasteiger partial charge in [0.25, 0.3) is 5.22 Å². The number of aromatic nitrogens is 1. The number of aliphatic hydroxyl groups excluding tert-OH is 1. The molecule has 2 rings (SSSR count). The molecule has 4 heteroatoms. The van der Waals surface area contributed by atoms with E-state index in [9.17, 15) is 5.11 Å². The van der Waals surface area contributed by atoms with Crippen molar-refractivity contribution in [3.8, 4) is 0 Å². The molecular formula is C11H13NO2S. The van der Waals surface area contributed by atoms with Gasteiger partial charge in [-0.15, -0.1) is 0 Å². The van der Waals surface area contributed by atoms with Crippen LogP contribution in [0.2, 0.25) is 0 Å². The maximum absolute atomic E-state index is 9.37. The third-order valence-electron chi connectivity index (χ3n) is 2.24. The van der Waals surface area contributed by atoms with E-state index in [2.05, 4.69) is 4.98 Å². The van der Waals surface area contributed by atoms with Crippen molar-refractivity contribution in [2.75, 3.05) is 0 Å². The summed E-state index contributed by atoms with van der Waals surface area (Å²) >= 11 is 1.45. The van der Waals surface area contributed by atoms with Gasteiger partial charge in [0.2, 0.25) is 0 Å². The van der Waals surface area contributed by atoms with E-state index in [0.717, 1.165) is 11.1 Å². The lowest BCUT2D eigenvalue weighted by Crippen LogP contribution is -2.14. The van der Waals surface area contributed by atoms with Crippen LogP contribution in [0.3, 0.4) is 0 Å². The van der Waals surface area contributed by atoms with Crippen LogP contribution in [0.4, 0.5) is 0 Å². The molecule has 1 N–H and O–H groups in total. The van der Waals surface area contributed by atoms with Gasteiger partial charge in [-0.1, -0.05) is 30.8 Å². The predicted molar refractivity (Wildman–Crippen MR) is 61.0 cm³/mol. The fraction of sp³-hybridized carbons (Fsp3) is 0.364. The Morgan fingerprint density at radius 3 is 2.73 bits per heavy atom. The minimum absolute atomic E-state index is 0.0815. The number of aliphatic hydroxyl groups is 1. The molecule has 1 heterocycles. The van der Waals surface area contributed by atoms with Gasteiger partial charge in [-0.25, -0.2) is 4.98 Å². The van der Waals surface area contributed by atoms with Gasteiger partial charge in [0, 0.05) is 5.25 Å². The summed E-state index contributed by atoms with van der Waals surface area (Å²) < 4.78 is 5.53. The number of rotatable bonds is 3. The first-order valence-corrected chi connectivity index (χ1v) is 5.75. The smallest absolute Gasteiger partial charge is 0.257 e. The molecule has 15 heavy (non-hydrogen) atoms. The fourth-order valence-corrected chi connectivity index (χ4v) is 1.96. The molecule has 0 aliphatic heterocycles. The molecule has 2 unspecified atom stereocenters. The molecule has 2 atom stereocenters. The third-order valence-corrected chi connectivity index (χ3v) is 3.38. The predicted octanol–water partition coefficient (Wildman–Crippen LogP) is 2.69. The number of para-hydroxylation sites is 2.